The molecule has 2 unspecified atom stereocenters. The topological polar surface area (TPSA) is 134 Å². The Labute approximate surface area is 323 Å². The minimum absolute atomic E-state index is 0.0588. The highest BCUT2D eigenvalue weighted by Crippen LogP contribution is 2.39. The Hall–Kier alpha value is -4.97. The number of anilines is 2. The molecule has 4 aromatic rings. The number of rotatable bonds is 12. The summed E-state index contributed by atoms with van der Waals surface area (Å²) in [5.41, 5.74) is 2.99. The first-order valence-corrected chi connectivity index (χ1v) is 18.0. The number of benzene rings is 4. The van der Waals surface area contributed by atoms with Gasteiger partial charge in [0.15, 0.2) is 11.9 Å². The van der Waals surface area contributed by atoms with Gasteiger partial charge in [0.1, 0.15) is 17.2 Å². The molecule has 1 aliphatic rings. The van der Waals surface area contributed by atoms with Gasteiger partial charge in [-0.2, -0.15) is 15.2 Å². The predicted molar refractivity (Wildman–Crippen MR) is 209 cm³/mol. The van der Waals surface area contributed by atoms with Crippen LogP contribution in [0, 0.1) is 6.92 Å². The summed E-state index contributed by atoms with van der Waals surface area (Å²) in [4.78, 5) is 40.9. The van der Waals surface area contributed by atoms with Crippen LogP contribution in [0.2, 0.25) is 15.1 Å². The molecule has 1 heterocycles. The molecule has 0 fully saturated rings. The number of methoxy groups -OCH3 is 1. The van der Waals surface area contributed by atoms with Crippen LogP contribution in [0.4, 0.5) is 17.1 Å². The van der Waals surface area contributed by atoms with E-state index in [0.717, 1.165) is 22.6 Å². The van der Waals surface area contributed by atoms with E-state index in [2.05, 4.69) is 52.8 Å². The van der Waals surface area contributed by atoms with Crippen molar-refractivity contribution in [2.24, 2.45) is 15.3 Å². The molecule has 4 aromatic carbocycles. The molecular formula is C39H39Cl3N6O5. The molecule has 2 N–H and O–H groups in total. The molecule has 11 nitrogen and oxygen atoms in total. The fraction of sp³-hybridized carbons (Fsp3) is 0.282. The molecule has 3 amide bonds. The molecule has 276 valence electrons. The van der Waals surface area contributed by atoms with Gasteiger partial charge in [-0.15, -0.1) is 5.10 Å². The maximum Gasteiger partial charge on any atom is 0.282 e. The van der Waals surface area contributed by atoms with Gasteiger partial charge in [-0.25, -0.2) is 0 Å². The number of hydrazone groups is 1. The molecule has 0 aromatic heterocycles. The Balaban J connectivity index is 1.37. The zero-order valence-electron chi connectivity index (χ0n) is 30.0. The van der Waals surface area contributed by atoms with Crippen LogP contribution in [0.1, 0.15) is 62.0 Å². The van der Waals surface area contributed by atoms with E-state index in [4.69, 9.17) is 44.3 Å². The SMILES string of the molecule is CCC(Oc1ccc(C)cc1C(C)(C)CC)C(=O)Nc1cccc(C(=O)NC2=NN(c3c(Cl)cc(Cl)cc3Cl)C(=O)C2N=Nc2ccc(OC)cc2)c1. The second-order valence-electron chi connectivity index (χ2n) is 12.9. The summed E-state index contributed by atoms with van der Waals surface area (Å²) >= 11 is 19.0. The largest absolute Gasteiger partial charge is 0.497 e. The number of carbonyl (C=O) groups is 3. The Morgan fingerprint density at radius 2 is 1.66 bits per heavy atom. The molecule has 0 radical (unpaired) electrons. The van der Waals surface area contributed by atoms with Crippen LogP contribution in [0.3, 0.4) is 0 Å². The quantitative estimate of drug-likeness (QED) is 0.138. The number of nitrogens with zero attached hydrogens (tertiary/aromatic N) is 4. The van der Waals surface area contributed by atoms with Gasteiger partial charge < -0.3 is 20.1 Å². The molecule has 53 heavy (non-hydrogen) atoms. The van der Waals surface area contributed by atoms with E-state index in [1.807, 2.05) is 26.0 Å². The first-order chi connectivity index (χ1) is 25.2. The van der Waals surface area contributed by atoms with E-state index in [0.29, 0.717) is 29.3 Å². The second kappa shape index (κ2) is 16.8. The fourth-order valence-corrected chi connectivity index (χ4v) is 6.38. The van der Waals surface area contributed by atoms with Gasteiger partial charge in [0.25, 0.3) is 17.7 Å². The second-order valence-corrected chi connectivity index (χ2v) is 14.2. The summed E-state index contributed by atoms with van der Waals surface area (Å²) in [5, 5.41) is 19.7. The van der Waals surface area contributed by atoms with Crippen LogP contribution < -0.4 is 25.1 Å². The molecule has 0 saturated heterocycles. The predicted octanol–water partition coefficient (Wildman–Crippen LogP) is 9.69. The highest BCUT2D eigenvalue weighted by Gasteiger charge is 2.40. The lowest BCUT2D eigenvalue weighted by atomic mass is 9.81. The summed E-state index contributed by atoms with van der Waals surface area (Å²) in [7, 11) is 1.54. The number of amides is 3. The third-order valence-electron chi connectivity index (χ3n) is 8.78. The average molecular weight is 778 g/mol. The number of azo groups is 1. The molecule has 14 heteroatoms. The maximum absolute atomic E-state index is 13.7. The summed E-state index contributed by atoms with van der Waals surface area (Å²) < 4.78 is 11.5. The van der Waals surface area contributed by atoms with Crippen molar-refractivity contribution in [1.29, 1.82) is 0 Å². The zero-order valence-corrected chi connectivity index (χ0v) is 32.3. The first kappa shape index (κ1) is 39.2. The minimum Gasteiger partial charge on any atom is -0.497 e. The molecule has 2 atom stereocenters. The van der Waals surface area contributed by atoms with Gasteiger partial charge in [-0.05, 0) is 85.8 Å². The molecule has 5 rings (SSSR count). The van der Waals surface area contributed by atoms with Gasteiger partial charge >= 0.3 is 0 Å². The monoisotopic (exact) mass is 776 g/mol. The van der Waals surface area contributed by atoms with Crippen molar-refractivity contribution >= 4 is 75.4 Å². The molecule has 0 bridgehead atoms. The number of aryl methyl sites for hydroxylation is 1. The van der Waals surface area contributed by atoms with Crippen molar-refractivity contribution < 1.29 is 23.9 Å². The average Bonchev–Trinajstić information content (AvgIpc) is 3.43. The number of nitrogens with one attached hydrogen (secondary N) is 2. The van der Waals surface area contributed by atoms with Crippen LogP contribution in [0.25, 0.3) is 0 Å². The Bertz CT molecular complexity index is 2060. The Morgan fingerprint density at radius 1 is 0.962 bits per heavy atom. The Kier molecular flexibility index (Phi) is 12.4. The summed E-state index contributed by atoms with van der Waals surface area (Å²) in [6, 6.07) is 20.5. The van der Waals surface area contributed by atoms with Gasteiger partial charge in [-0.1, -0.05) is 86.3 Å². The number of hydrogen-bond acceptors (Lipinski definition) is 8. The van der Waals surface area contributed by atoms with Crippen molar-refractivity contribution in [1.82, 2.24) is 5.32 Å². The maximum atomic E-state index is 13.7. The van der Waals surface area contributed by atoms with Crippen LogP contribution in [-0.4, -0.2) is 42.8 Å². The lowest BCUT2D eigenvalue weighted by Gasteiger charge is -2.28. The first-order valence-electron chi connectivity index (χ1n) is 16.9. The van der Waals surface area contributed by atoms with Crippen molar-refractivity contribution in [3.63, 3.8) is 0 Å². The normalized spacial score (nSPS) is 15.0. The van der Waals surface area contributed by atoms with Crippen LogP contribution in [0.15, 0.2) is 94.2 Å². The van der Waals surface area contributed by atoms with Crippen molar-refractivity contribution in [2.75, 3.05) is 17.4 Å². The smallest absolute Gasteiger partial charge is 0.282 e. The van der Waals surface area contributed by atoms with Crippen molar-refractivity contribution in [3.05, 3.63) is 111 Å². The van der Waals surface area contributed by atoms with Crippen molar-refractivity contribution in [3.8, 4) is 11.5 Å². The zero-order chi connectivity index (χ0) is 38.4. The number of carbonyl (C=O) groups excluding carboxylic acids is 3. The van der Waals surface area contributed by atoms with E-state index in [1.54, 1.807) is 42.5 Å². The highest BCUT2D eigenvalue weighted by atomic mass is 35.5. The van der Waals surface area contributed by atoms with E-state index < -0.39 is 24.0 Å². The Morgan fingerprint density at radius 3 is 2.30 bits per heavy atom. The number of amidine groups is 1. The third-order valence-corrected chi connectivity index (χ3v) is 9.57. The van der Waals surface area contributed by atoms with E-state index in [-0.39, 0.29) is 43.5 Å². The summed E-state index contributed by atoms with van der Waals surface area (Å²) in [5.74, 6) is -0.532. The van der Waals surface area contributed by atoms with E-state index in [9.17, 15) is 14.4 Å². The number of halogens is 3. The van der Waals surface area contributed by atoms with Gasteiger partial charge in [-0.3, -0.25) is 14.4 Å². The minimum atomic E-state index is -1.36. The standard InChI is InChI=1S/C39H39Cl3N6O5/c1-7-31(53-32-17-12-22(3)18-28(32)39(4,5)8-2)37(50)43-26-11-9-10-23(19-26)36(49)44-35-33(46-45-25-13-15-27(52-6)16-14-25)38(51)48(47-35)34-29(41)20-24(40)21-30(34)42/h9-21,31,33H,7-8H2,1-6H3,(H,43,50)(H,44,47,49). The van der Waals surface area contributed by atoms with Crippen LogP contribution in [0.5, 0.6) is 11.5 Å². The third kappa shape index (κ3) is 9.16. The van der Waals surface area contributed by atoms with Gasteiger partial charge in [0.2, 0.25) is 6.04 Å². The lowest BCUT2D eigenvalue weighted by Crippen LogP contribution is -2.39. The molecule has 0 spiro atoms. The summed E-state index contributed by atoms with van der Waals surface area (Å²) in [6.07, 6.45) is 0.498. The summed E-state index contributed by atoms with van der Waals surface area (Å²) in [6.45, 7) is 10.3. The van der Waals surface area contributed by atoms with Crippen LogP contribution >= 0.6 is 34.8 Å². The number of ether oxygens (including phenoxy) is 2. The molecular weight excluding hydrogens is 739 g/mol. The fourth-order valence-electron chi connectivity index (χ4n) is 5.40. The van der Waals surface area contributed by atoms with E-state index >= 15 is 0 Å². The highest BCUT2D eigenvalue weighted by molar-refractivity contribution is 6.43. The molecule has 0 saturated carbocycles. The molecule has 0 aliphatic carbocycles. The van der Waals surface area contributed by atoms with E-state index in [1.165, 1.54) is 25.3 Å². The van der Waals surface area contributed by atoms with Gasteiger partial charge in [0, 0.05) is 21.8 Å². The van der Waals surface area contributed by atoms with Crippen LogP contribution in [-0.2, 0) is 15.0 Å². The van der Waals surface area contributed by atoms with Crippen molar-refractivity contribution in [2.45, 2.75) is 65.0 Å². The lowest BCUT2D eigenvalue weighted by molar-refractivity contribution is -0.123. The number of hydrogen-bond donors (Lipinski definition) is 2. The molecule has 1 aliphatic heterocycles. The van der Waals surface area contributed by atoms with Gasteiger partial charge in [0.05, 0.1) is 22.8 Å².